The van der Waals surface area contributed by atoms with Gasteiger partial charge in [-0.25, -0.2) is 4.39 Å². The van der Waals surface area contributed by atoms with Gasteiger partial charge in [0.25, 0.3) is 5.91 Å². The first-order valence-corrected chi connectivity index (χ1v) is 9.41. The molecule has 1 amide bonds. The van der Waals surface area contributed by atoms with Gasteiger partial charge in [0.1, 0.15) is 5.82 Å². The summed E-state index contributed by atoms with van der Waals surface area (Å²) < 4.78 is 92.6. The molecular weight excluding hydrogens is 445 g/mol. The Bertz CT molecular complexity index is 1010. The van der Waals surface area contributed by atoms with Crippen LogP contribution in [-0.2, 0) is 12.4 Å². The Labute approximate surface area is 178 Å². The van der Waals surface area contributed by atoms with Gasteiger partial charge in [0, 0.05) is 37.3 Å². The molecule has 1 aliphatic heterocycles. The van der Waals surface area contributed by atoms with Crippen molar-refractivity contribution >= 4 is 17.4 Å². The van der Waals surface area contributed by atoms with Gasteiger partial charge in [-0.15, -0.1) is 0 Å². The van der Waals surface area contributed by atoms with Crippen molar-refractivity contribution in [3.8, 4) is 0 Å². The molecule has 0 radical (unpaired) electrons. The Morgan fingerprint density at radius 2 is 1.31 bits per heavy atom. The summed E-state index contributed by atoms with van der Waals surface area (Å²) in [5.41, 5.74) is -3.49. The van der Waals surface area contributed by atoms with E-state index >= 15 is 0 Å². The summed E-state index contributed by atoms with van der Waals surface area (Å²) in [5.74, 6) is -1.94. The molecule has 0 spiro atoms. The van der Waals surface area contributed by atoms with E-state index in [1.165, 1.54) is 19.1 Å². The van der Waals surface area contributed by atoms with Crippen molar-refractivity contribution in [1.29, 1.82) is 0 Å². The van der Waals surface area contributed by atoms with Gasteiger partial charge in [0.15, 0.2) is 5.78 Å². The monoisotopic (exact) mass is 462 g/mol. The number of hydrogen-bond acceptors (Lipinski definition) is 3. The second kappa shape index (κ2) is 8.44. The number of carbonyl (C=O) groups is 2. The predicted molar refractivity (Wildman–Crippen MR) is 101 cm³/mol. The molecule has 1 saturated heterocycles. The SMILES string of the molecule is CC(=O)c1ccc(N2CCN(C(=O)c3cc(C(F)(F)F)cc(C(F)(F)F)c3)CC2)c(F)c1. The van der Waals surface area contributed by atoms with Crippen LogP contribution in [0.3, 0.4) is 0 Å². The lowest BCUT2D eigenvalue weighted by Crippen LogP contribution is -2.49. The van der Waals surface area contributed by atoms with Gasteiger partial charge < -0.3 is 9.80 Å². The molecule has 2 aromatic carbocycles. The number of halogens is 7. The van der Waals surface area contributed by atoms with E-state index < -0.39 is 40.8 Å². The predicted octanol–water partition coefficient (Wildman–Crippen LogP) is 5.03. The largest absolute Gasteiger partial charge is 0.416 e. The number of amides is 1. The van der Waals surface area contributed by atoms with Crippen molar-refractivity contribution in [3.05, 3.63) is 64.5 Å². The first-order chi connectivity index (χ1) is 14.8. The zero-order valence-electron chi connectivity index (χ0n) is 16.6. The summed E-state index contributed by atoms with van der Waals surface area (Å²) in [4.78, 5) is 26.7. The second-order valence-electron chi connectivity index (χ2n) is 7.30. The van der Waals surface area contributed by atoms with Crippen LogP contribution < -0.4 is 4.90 Å². The number of carbonyl (C=O) groups excluding carboxylic acids is 2. The molecule has 1 fully saturated rings. The molecule has 1 aliphatic rings. The minimum absolute atomic E-state index is 0.0374. The number of benzene rings is 2. The number of alkyl halides is 6. The quantitative estimate of drug-likeness (QED) is 0.475. The van der Waals surface area contributed by atoms with Gasteiger partial charge >= 0.3 is 12.4 Å². The van der Waals surface area contributed by atoms with Crippen LogP contribution in [0.15, 0.2) is 36.4 Å². The van der Waals surface area contributed by atoms with Gasteiger partial charge in [-0.2, -0.15) is 26.3 Å². The zero-order chi connectivity index (χ0) is 23.8. The smallest absolute Gasteiger partial charge is 0.366 e. The summed E-state index contributed by atoms with van der Waals surface area (Å²) in [6.45, 7) is 1.42. The first-order valence-electron chi connectivity index (χ1n) is 9.41. The molecule has 0 unspecified atom stereocenters. The van der Waals surface area contributed by atoms with Crippen LogP contribution in [0.5, 0.6) is 0 Å². The fourth-order valence-corrected chi connectivity index (χ4v) is 3.39. The summed E-state index contributed by atoms with van der Waals surface area (Å²) in [6, 6.07) is 4.68. The maximum absolute atomic E-state index is 14.3. The third kappa shape index (κ3) is 5.03. The summed E-state index contributed by atoms with van der Waals surface area (Å²) >= 11 is 0. The van der Waals surface area contributed by atoms with Crippen LogP contribution in [0.1, 0.15) is 38.8 Å². The Hall–Kier alpha value is -3.11. The highest BCUT2D eigenvalue weighted by Crippen LogP contribution is 2.36. The molecule has 0 saturated carbocycles. The van der Waals surface area contributed by atoms with E-state index in [1.54, 1.807) is 4.90 Å². The van der Waals surface area contributed by atoms with Crippen LogP contribution in [0.4, 0.5) is 36.4 Å². The number of hydrogen-bond donors (Lipinski definition) is 0. The Morgan fingerprint density at radius 3 is 1.75 bits per heavy atom. The van der Waals surface area contributed by atoms with Gasteiger partial charge in [-0.3, -0.25) is 9.59 Å². The molecule has 172 valence electrons. The molecule has 2 aromatic rings. The van der Waals surface area contributed by atoms with Crippen molar-refractivity contribution in [1.82, 2.24) is 4.90 Å². The standard InChI is InChI=1S/C21H17F7N2O2/c1-12(31)13-2-3-18(17(22)10-13)29-4-6-30(7-5-29)19(32)14-8-15(20(23,24)25)11-16(9-14)21(26,27)28/h2-3,8-11H,4-7H2,1H3. The third-order valence-corrected chi connectivity index (χ3v) is 5.10. The Balaban J connectivity index is 1.79. The zero-order valence-corrected chi connectivity index (χ0v) is 16.6. The third-order valence-electron chi connectivity index (χ3n) is 5.10. The molecule has 0 bridgehead atoms. The lowest BCUT2D eigenvalue weighted by atomic mass is 10.0. The van der Waals surface area contributed by atoms with Gasteiger partial charge in [0.2, 0.25) is 0 Å². The van der Waals surface area contributed by atoms with Crippen molar-refractivity contribution in [2.75, 3.05) is 31.1 Å². The molecule has 3 rings (SSSR count). The maximum Gasteiger partial charge on any atom is 0.416 e. The van der Waals surface area contributed by atoms with Gasteiger partial charge in [0.05, 0.1) is 16.8 Å². The highest BCUT2D eigenvalue weighted by atomic mass is 19.4. The van der Waals surface area contributed by atoms with Crippen LogP contribution in [0.2, 0.25) is 0 Å². The van der Waals surface area contributed by atoms with Crippen molar-refractivity contribution < 1.29 is 40.3 Å². The highest BCUT2D eigenvalue weighted by molar-refractivity contribution is 5.95. The number of nitrogens with zero attached hydrogens (tertiary/aromatic N) is 2. The molecule has 1 heterocycles. The van der Waals surface area contributed by atoms with Crippen LogP contribution in [0.25, 0.3) is 0 Å². The molecular formula is C21H17F7N2O2. The fraction of sp³-hybridized carbons (Fsp3) is 0.333. The maximum atomic E-state index is 14.3. The molecule has 0 aliphatic carbocycles. The second-order valence-corrected chi connectivity index (χ2v) is 7.30. The van der Waals surface area contributed by atoms with Crippen LogP contribution in [-0.4, -0.2) is 42.8 Å². The number of piperazine rings is 1. The topological polar surface area (TPSA) is 40.6 Å². The number of anilines is 1. The van der Waals surface area contributed by atoms with E-state index in [4.69, 9.17) is 0 Å². The molecule has 0 aromatic heterocycles. The van der Waals surface area contributed by atoms with E-state index in [0.717, 1.165) is 11.0 Å². The number of ketones is 1. The molecule has 0 atom stereocenters. The molecule has 0 N–H and O–H groups in total. The van der Waals surface area contributed by atoms with Crippen molar-refractivity contribution in [2.24, 2.45) is 0 Å². The normalized spacial score (nSPS) is 15.1. The lowest BCUT2D eigenvalue weighted by Gasteiger charge is -2.36. The van der Waals surface area contributed by atoms with Crippen molar-refractivity contribution in [2.45, 2.75) is 19.3 Å². The van der Waals surface area contributed by atoms with Crippen LogP contribution in [0, 0.1) is 5.82 Å². The average molecular weight is 462 g/mol. The minimum Gasteiger partial charge on any atom is -0.366 e. The fourth-order valence-electron chi connectivity index (χ4n) is 3.39. The molecule has 4 nitrogen and oxygen atoms in total. The van der Waals surface area contributed by atoms with Gasteiger partial charge in [-0.1, -0.05) is 0 Å². The van der Waals surface area contributed by atoms with Gasteiger partial charge in [-0.05, 0) is 43.3 Å². The average Bonchev–Trinajstić information content (AvgIpc) is 2.71. The lowest BCUT2D eigenvalue weighted by molar-refractivity contribution is -0.143. The minimum atomic E-state index is -5.06. The number of rotatable bonds is 3. The van der Waals surface area contributed by atoms with E-state index in [2.05, 4.69) is 0 Å². The summed E-state index contributed by atoms with van der Waals surface area (Å²) in [5, 5.41) is 0. The molecule has 11 heteroatoms. The van der Waals surface area contributed by atoms with Crippen molar-refractivity contribution in [3.63, 3.8) is 0 Å². The number of Topliss-reactive ketones (excluding diaryl/α,β-unsaturated/α-hetero) is 1. The Morgan fingerprint density at radius 1 is 0.781 bits per heavy atom. The van der Waals surface area contributed by atoms with E-state index in [0.29, 0.717) is 12.1 Å². The first kappa shape index (κ1) is 23.6. The summed E-state index contributed by atoms with van der Waals surface area (Å²) in [7, 11) is 0. The van der Waals surface area contributed by atoms with E-state index in [9.17, 15) is 40.3 Å². The Kier molecular flexibility index (Phi) is 6.21. The van der Waals surface area contributed by atoms with E-state index in [1.807, 2.05) is 0 Å². The highest BCUT2D eigenvalue weighted by Gasteiger charge is 2.38. The van der Waals surface area contributed by atoms with E-state index in [-0.39, 0.29) is 49.3 Å². The molecule has 32 heavy (non-hydrogen) atoms. The summed E-state index contributed by atoms with van der Waals surface area (Å²) in [6.07, 6.45) is -10.1. The van der Waals surface area contributed by atoms with Crippen LogP contribution >= 0.6 is 0 Å².